The summed E-state index contributed by atoms with van der Waals surface area (Å²) in [5.41, 5.74) is 2.62. The number of aromatic nitrogens is 2. The summed E-state index contributed by atoms with van der Waals surface area (Å²) < 4.78 is 0. The fraction of sp³-hybridized carbons (Fsp3) is 0.353. The lowest BCUT2D eigenvalue weighted by atomic mass is 10.1. The molecule has 0 spiro atoms. The van der Waals surface area contributed by atoms with Gasteiger partial charge in [0.15, 0.2) is 11.5 Å². The Kier molecular flexibility index (Phi) is 4.04. The lowest BCUT2D eigenvalue weighted by Crippen LogP contribution is -2.32. The largest absolute Gasteiger partial charge is 0.361 e. The van der Waals surface area contributed by atoms with Crippen LogP contribution in [0.2, 0.25) is 0 Å². The highest BCUT2D eigenvalue weighted by atomic mass is 16.2. The van der Waals surface area contributed by atoms with Crippen molar-refractivity contribution in [1.82, 2.24) is 10.2 Å². The van der Waals surface area contributed by atoms with Gasteiger partial charge in [-0.25, -0.2) is 0 Å². The zero-order chi connectivity index (χ0) is 15.5. The topological polar surface area (TPSA) is 49.3 Å². The van der Waals surface area contributed by atoms with Gasteiger partial charge in [-0.15, -0.1) is 10.2 Å². The molecule has 2 heterocycles. The molecule has 1 amide bonds. The van der Waals surface area contributed by atoms with Crippen LogP contribution in [0.25, 0.3) is 0 Å². The smallest absolute Gasteiger partial charge is 0.278 e. The molecule has 2 aromatic rings. The van der Waals surface area contributed by atoms with E-state index in [1.54, 1.807) is 6.07 Å². The molecule has 22 heavy (non-hydrogen) atoms. The van der Waals surface area contributed by atoms with Crippen LogP contribution in [0.5, 0.6) is 0 Å². The van der Waals surface area contributed by atoms with Gasteiger partial charge in [-0.05, 0) is 43.0 Å². The van der Waals surface area contributed by atoms with Crippen LogP contribution in [0.3, 0.4) is 0 Å². The van der Waals surface area contributed by atoms with E-state index in [9.17, 15) is 4.79 Å². The first-order chi connectivity index (χ1) is 10.7. The number of carbonyl (C=O) groups excluding carboxylic acids is 1. The molecule has 3 rings (SSSR count). The van der Waals surface area contributed by atoms with Crippen molar-refractivity contribution in [3.8, 4) is 0 Å². The first-order valence-electron chi connectivity index (χ1n) is 7.57. The maximum atomic E-state index is 12.8. The molecule has 0 bridgehead atoms. The van der Waals surface area contributed by atoms with Crippen molar-refractivity contribution in [2.45, 2.75) is 19.3 Å². The third-order valence-corrected chi connectivity index (χ3v) is 3.93. The van der Waals surface area contributed by atoms with Gasteiger partial charge in [0.05, 0.1) is 0 Å². The number of anilines is 2. The number of fused-ring (bicyclic) bond motifs is 1. The Labute approximate surface area is 130 Å². The van der Waals surface area contributed by atoms with E-state index in [0.717, 1.165) is 37.3 Å². The molecule has 5 nitrogen and oxygen atoms in total. The first-order valence-corrected chi connectivity index (χ1v) is 7.57. The van der Waals surface area contributed by atoms with Crippen molar-refractivity contribution in [2.75, 3.05) is 30.4 Å². The van der Waals surface area contributed by atoms with Gasteiger partial charge >= 0.3 is 0 Å². The van der Waals surface area contributed by atoms with Crippen LogP contribution >= 0.6 is 0 Å². The summed E-state index contributed by atoms with van der Waals surface area (Å²) >= 11 is 0. The molecule has 0 radical (unpaired) electrons. The van der Waals surface area contributed by atoms with E-state index in [0.29, 0.717) is 5.69 Å². The number of amides is 1. The predicted octanol–water partition coefficient (Wildman–Crippen LogP) is 2.53. The number of hydrogen-bond donors (Lipinski definition) is 0. The van der Waals surface area contributed by atoms with Crippen LogP contribution in [0, 0.1) is 0 Å². The van der Waals surface area contributed by atoms with Crippen LogP contribution in [0.1, 0.15) is 28.9 Å². The molecule has 5 heteroatoms. The molecule has 1 aromatic heterocycles. The van der Waals surface area contributed by atoms with Crippen LogP contribution in [-0.4, -0.2) is 36.7 Å². The van der Waals surface area contributed by atoms with Gasteiger partial charge in [0.2, 0.25) is 0 Å². The van der Waals surface area contributed by atoms with E-state index in [1.807, 2.05) is 48.2 Å². The third kappa shape index (κ3) is 2.79. The van der Waals surface area contributed by atoms with Crippen molar-refractivity contribution in [1.29, 1.82) is 0 Å². The maximum absolute atomic E-state index is 12.8. The predicted molar refractivity (Wildman–Crippen MR) is 87.4 cm³/mol. The monoisotopic (exact) mass is 296 g/mol. The lowest BCUT2D eigenvalue weighted by Gasteiger charge is -2.22. The second kappa shape index (κ2) is 6.13. The highest BCUT2D eigenvalue weighted by Crippen LogP contribution is 2.27. The molecular weight excluding hydrogens is 276 g/mol. The molecule has 0 saturated carbocycles. The van der Waals surface area contributed by atoms with E-state index in [2.05, 4.69) is 16.3 Å². The minimum Gasteiger partial charge on any atom is -0.361 e. The number of rotatable bonds is 2. The van der Waals surface area contributed by atoms with E-state index in [1.165, 1.54) is 5.56 Å². The minimum absolute atomic E-state index is 0.0767. The van der Waals surface area contributed by atoms with Gasteiger partial charge in [-0.1, -0.05) is 18.2 Å². The van der Waals surface area contributed by atoms with Crippen LogP contribution in [-0.2, 0) is 6.42 Å². The third-order valence-electron chi connectivity index (χ3n) is 3.93. The zero-order valence-electron chi connectivity index (χ0n) is 13.0. The Hall–Kier alpha value is -2.43. The molecule has 0 fully saturated rings. The SMILES string of the molecule is CN(C)c1ccc(C(=O)N2CCCCc3ccccc32)nn1. The summed E-state index contributed by atoms with van der Waals surface area (Å²) in [5, 5.41) is 8.20. The van der Waals surface area contributed by atoms with E-state index >= 15 is 0 Å². The molecule has 1 aromatic carbocycles. The Morgan fingerprint density at radius 1 is 1.09 bits per heavy atom. The average molecular weight is 296 g/mol. The number of hydrogen-bond acceptors (Lipinski definition) is 4. The maximum Gasteiger partial charge on any atom is 0.278 e. The van der Waals surface area contributed by atoms with Gasteiger partial charge in [0.1, 0.15) is 0 Å². The van der Waals surface area contributed by atoms with E-state index < -0.39 is 0 Å². The summed E-state index contributed by atoms with van der Waals surface area (Å²) in [6.07, 6.45) is 3.13. The lowest BCUT2D eigenvalue weighted by molar-refractivity contribution is 0.0981. The highest BCUT2D eigenvalue weighted by molar-refractivity contribution is 6.05. The van der Waals surface area contributed by atoms with Crippen molar-refractivity contribution in [3.05, 3.63) is 47.7 Å². The number of para-hydroxylation sites is 1. The number of carbonyl (C=O) groups is 1. The number of aryl methyl sites for hydroxylation is 1. The second-order valence-electron chi connectivity index (χ2n) is 5.71. The van der Waals surface area contributed by atoms with Gasteiger partial charge in [0.25, 0.3) is 5.91 Å². The zero-order valence-corrected chi connectivity index (χ0v) is 13.0. The van der Waals surface area contributed by atoms with Crippen molar-refractivity contribution >= 4 is 17.4 Å². The molecule has 0 unspecified atom stereocenters. The number of nitrogens with zero attached hydrogens (tertiary/aromatic N) is 4. The molecule has 0 saturated heterocycles. The fourth-order valence-electron chi connectivity index (χ4n) is 2.72. The van der Waals surface area contributed by atoms with Crippen molar-refractivity contribution in [3.63, 3.8) is 0 Å². The summed E-state index contributed by atoms with van der Waals surface area (Å²) in [4.78, 5) is 16.5. The van der Waals surface area contributed by atoms with Gasteiger partial charge in [0, 0.05) is 26.3 Å². The minimum atomic E-state index is -0.0767. The highest BCUT2D eigenvalue weighted by Gasteiger charge is 2.23. The Morgan fingerprint density at radius 2 is 1.91 bits per heavy atom. The normalized spacial score (nSPS) is 14.2. The Bertz CT molecular complexity index is 667. The van der Waals surface area contributed by atoms with E-state index in [-0.39, 0.29) is 5.91 Å². The van der Waals surface area contributed by atoms with Gasteiger partial charge in [-0.2, -0.15) is 0 Å². The molecular formula is C17H20N4O. The molecule has 0 atom stereocenters. The second-order valence-corrected chi connectivity index (χ2v) is 5.71. The number of benzene rings is 1. The van der Waals surface area contributed by atoms with E-state index in [4.69, 9.17) is 0 Å². The average Bonchev–Trinajstić information content (AvgIpc) is 2.76. The standard InChI is InChI=1S/C17H20N4O/c1-20(2)16-11-10-14(18-19-16)17(22)21-12-6-5-8-13-7-3-4-9-15(13)21/h3-4,7,9-11H,5-6,8,12H2,1-2H3. The van der Waals surface area contributed by atoms with Gasteiger partial charge in [-0.3, -0.25) is 4.79 Å². The van der Waals surface area contributed by atoms with Gasteiger partial charge < -0.3 is 9.80 Å². The quantitative estimate of drug-likeness (QED) is 0.854. The summed E-state index contributed by atoms with van der Waals surface area (Å²) in [6, 6.07) is 11.7. The molecule has 1 aliphatic rings. The molecule has 0 aliphatic carbocycles. The van der Waals surface area contributed by atoms with Crippen LogP contribution in [0.4, 0.5) is 11.5 Å². The Balaban J connectivity index is 1.91. The Morgan fingerprint density at radius 3 is 2.64 bits per heavy atom. The van der Waals surface area contributed by atoms with Crippen LogP contribution < -0.4 is 9.80 Å². The fourth-order valence-corrected chi connectivity index (χ4v) is 2.72. The van der Waals surface area contributed by atoms with Crippen LogP contribution in [0.15, 0.2) is 36.4 Å². The van der Waals surface area contributed by atoms with Crippen molar-refractivity contribution < 1.29 is 4.79 Å². The van der Waals surface area contributed by atoms with Crippen molar-refractivity contribution in [2.24, 2.45) is 0 Å². The molecule has 1 aliphatic heterocycles. The summed E-state index contributed by atoms with van der Waals surface area (Å²) in [7, 11) is 3.80. The summed E-state index contributed by atoms with van der Waals surface area (Å²) in [5.74, 6) is 0.667. The molecule has 114 valence electrons. The molecule has 0 N–H and O–H groups in total. The first kappa shape index (κ1) is 14.5. The summed E-state index contributed by atoms with van der Waals surface area (Å²) in [6.45, 7) is 0.729.